The molecule has 2 saturated heterocycles. The number of piperidine rings is 1. The van der Waals surface area contributed by atoms with Crippen molar-refractivity contribution in [2.75, 3.05) is 53.9 Å². The second kappa shape index (κ2) is 16.7. The molecule has 2 aromatic carbocycles. The summed E-state index contributed by atoms with van der Waals surface area (Å²) in [5.41, 5.74) is 1.64. The molecular weight excluding hydrogens is 738 g/mol. The number of rotatable bonds is 15. The lowest BCUT2D eigenvalue weighted by atomic mass is 9.91. The Morgan fingerprint density at radius 1 is 0.917 bits per heavy atom. The summed E-state index contributed by atoms with van der Waals surface area (Å²) < 4.78 is 7.97. The lowest BCUT2D eigenvalue weighted by Crippen LogP contribution is -3.00. The van der Waals surface area contributed by atoms with E-state index in [9.17, 15) is 19.5 Å². The van der Waals surface area contributed by atoms with Crippen molar-refractivity contribution < 1.29 is 67.2 Å². The van der Waals surface area contributed by atoms with Gasteiger partial charge >= 0.3 is 5.97 Å². The van der Waals surface area contributed by atoms with Crippen LogP contribution < -0.4 is 34.0 Å². The van der Waals surface area contributed by atoms with Crippen LogP contribution in [0.25, 0.3) is 0 Å². The molecule has 0 radical (unpaired) electrons. The number of carbonyl (C=O) groups is 3. The molecule has 1 N–H and O–H groups in total. The van der Waals surface area contributed by atoms with Gasteiger partial charge in [-0.1, -0.05) is 56.3 Å². The summed E-state index contributed by atoms with van der Waals surface area (Å²) in [6.07, 6.45) is 8.90. The molecule has 8 nitrogen and oxygen atoms in total. The molecular formula is C38H55Br2N3O5. The zero-order valence-electron chi connectivity index (χ0n) is 29.4. The van der Waals surface area contributed by atoms with E-state index in [0.29, 0.717) is 29.8 Å². The van der Waals surface area contributed by atoms with E-state index in [0.717, 1.165) is 46.9 Å². The maximum atomic E-state index is 13.0. The second-order valence-corrected chi connectivity index (χ2v) is 15.8. The highest BCUT2D eigenvalue weighted by molar-refractivity contribution is 6.21. The third kappa shape index (κ3) is 9.16. The first-order valence-corrected chi connectivity index (χ1v) is 17.3. The zero-order chi connectivity index (χ0) is 33.1. The summed E-state index contributed by atoms with van der Waals surface area (Å²) in [5.74, 6) is -1.27. The number of hydrogen-bond acceptors (Lipinski definition) is 5. The number of halogens is 2. The van der Waals surface area contributed by atoms with E-state index in [2.05, 4.69) is 35.0 Å². The number of quaternary nitrogens is 2. The third-order valence-corrected chi connectivity index (χ3v) is 11.0. The summed E-state index contributed by atoms with van der Waals surface area (Å²) in [5, 5.41) is 9.90. The molecule has 1 unspecified atom stereocenters. The normalized spacial score (nSPS) is 24.0. The Labute approximate surface area is 308 Å². The molecule has 0 aliphatic carbocycles. The number of carbonyl (C=O) groups excluding carboxylic acids is 3. The zero-order valence-corrected chi connectivity index (χ0v) is 32.5. The lowest BCUT2D eigenvalue weighted by molar-refractivity contribution is -0.949. The van der Waals surface area contributed by atoms with Crippen molar-refractivity contribution in [3.63, 3.8) is 0 Å². The van der Waals surface area contributed by atoms with Crippen molar-refractivity contribution in [2.24, 2.45) is 5.41 Å². The van der Waals surface area contributed by atoms with Crippen LogP contribution in [0.15, 0.2) is 54.6 Å². The van der Waals surface area contributed by atoms with E-state index in [-0.39, 0.29) is 69.9 Å². The van der Waals surface area contributed by atoms with Gasteiger partial charge in [0.25, 0.3) is 11.8 Å². The maximum Gasteiger partial charge on any atom is 0.316 e. The van der Waals surface area contributed by atoms with Crippen LogP contribution in [0.3, 0.4) is 0 Å². The van der Waals surface area contributed by atoms with Crippen LogP contribution >= 0.6 is 0 Å². The van der Waals surface area contributed by atoms with Crippen LogP contribution in [0, 0.1) is 5.41 Å². The number of amides is 2. The first kappa shape index (κ1) is 40.3. The number of hydrogen-bond donors (Lipinski definition) is 1. The van der Waals surface area contributed by atoms with Gasteiger partial charge in [-0.15, -0.1) is 0 Å². The standard InChI is InChI=1S/C38H55N3O5.2BrH/c1-38(2,26-39-35(43)32-17-11-12-18-33(32)36(39)44)27-40(3,4)21-13-6-7-14-22-41(5)29-19-20-30(41)24-31(23-29)46-37(45)34(25-42)28-15-9-8-10-16-28;;/h8-12,15-18,29-31,34,42H,6-7,13-14,19-27H2,1-5H3;2*1H/q+2;;/p-2/t29-,30-,31?,34?,41?;;/m1../s1. The summed E-state index contributed by atoms with van der Waals surface area (Å²) in [6.45, 7) is 7.63. The number of esters is 1. The summed E-state index contributed by atoms with van der Waals surface area (Å²) >= 11 is 0. The minimum Gasteiger partial charge on any atom is -1.00 e. The van der Waals surface area contributed by atoms with Crippen LogP contribution in [0.2, 0.25) is 0 Å². The topological polar surface area (TPSA) is 83.9 Å². The van der Waals surface area contributed by atoms with Crippen LogP contribution in [0.4, 0.5) is 0 Å². The number of imide groups is 1. The van der Waals surface area contributed by atoms with Crippen LogP contribution in [-0.2, 0) is 9.53 Å². The van der Waals surface area contributed by atoms with Gasteiger partial charge in [0.05, 0.1) is 70.6 Å². The smallest absolute Gasteiger partial charge is 0.316 e. The summed E-state index contributed by atoms with van der Waals surface area (Å²) in [6, 6.07) is 17.6. The van der Waals surface area contributed by atoms with Crippen molar-refractivity contribution in [3.05, 3.63) is 71.3 Å². The van der Waals surface area contributed by atoms with Crippen molar-refractivity contribution in [3.8, 4) is 0 Å². The predicted octanol–water partition coefficient (Wildman–Crippen LogP) is -0.587. The van der Waals surface area contributed by atoms with Gasteiger partial charge in [-0.3, -0.25) is 19.3 Å². The number of unbranched alkanes of at least 4 members (excludes halogenated alkanes) is 3. The average Bonchev–Trinajstić information content (AvgIpc) is 3.30. The molecule has 0 aromatic heterocycles. The molecule has 2 amide bonds. The van der Waals surface area contributed by atoms with E-state index in [1.165, 1.54) is 43.5 Å². The van der Waals surface area contributed by atoms with Gasteiger partial charge < -0.3 is 52.8 Å². The number of benzene rings is 2. The van der Waals surface area contributed by atoms with E-state index in [4.69, 9.17) is 4.74 Å². The molecule has 2 fully saturated rings. The second-order valence-electron chi connectivity index (χ2n) is 15.8. The molecule has 266 valence electrons. The van der Waals surface area contributed by atoms with Gasteiger partial charge in [0, 0.05) is 37.6 Å². The maximum absolute atomic E-state index is 13.0. The Bertz CT molecular complexity index is 1350. The molecule has 3 atom stereocenters. The lowest BCUT2D eigenvalue weighted by Gasteiger charge is -2.47. The Balaban J connectivity index is 0.00000312. The monoisotopic (exact) mass is 791 g/mol. The highest BCUT2D eigenvalue weighted by atomic mass is 79.9. The van der Waals surface area contributed by atoms with E-state index >= 15 is 0 Å². The Kier molecular flexibility index (Phi) is 14.1. The highest BCUT2D eigenvalue weighted by Crippen LogP contribution is 2.43. The average molecular weight is 794 g/mol. The van der Waals surface area contributed by atoms with Gasteiger partial charge in [0.1, 0.15) is 12.0 Å². The molecule has 0 saturated carbocycles. The summed E-state index contributed by atoms with van der Waals surface area (Å²) in [7, 11) is 6.93. The molecule has 2 aromatic rings. The fourth-order valence-corrected chi connectivity index (χ4v) is 8.85. The summed E-state index contributed by atoms with van der Waals surface area (Å²) in [4.78, 5) is 40.3. The fourth-order valence-electron chi connectivity index (χ4n) is 8.85. The molecule has 3 heterocycles. The number of nitrogens with zero attached hydrogens (tertiary/aromatic N) is 3. The first-order valence-electron chi connectivity index (χ1n) is 17.3. The van der Waals surface area contributed by atoms with Crippen molar-refractivity contribution in [1.29, 1.82) is 0 Å². The molecule has 3 aliphatic rings. The van der Waals surface area contributed by atoms with Crippen molar-refractivity contribution in [2.45, 2.75) is 89.3 Å². The van der Waals surface area contributed by atoms with Crippen LogP contribution in [0.1, 0.15) is 97.4 Å². The molecule has 10 heteroatoms. The largest absolute Gasteiger partial charge is 1.00 e. The predicted molar refractivity (Wildman–Crippen MR) is 179 cm³/mol. The van der Waals surface area contributed by atoms with Crippen LogP contribution in [-0.4, -0.2) is 109 Å². The van der Waals surface area contributed by atoms with Crippen molar-refractivity contribution >= 4 is 17.8 Å². The Morgan fingerprint density at radius 2 is 1.46 bits per heavy atom. The molecule has 5 rings (SSSR count). The van der Waals surface area contributed by atoms with Gasteiger partial charge in [0.15, 0.2) is 0 Å². The van der Waals surface area contributed by atoms with E-state index < -0.39 is 5.92 Å². The minimum absolute atomic E-state index is 0. The molecule has 3 aliphatic heterocycles. The molecule has 2 bridgehead atoms. The van der Waals surface area contributed by atoms with Crippen LogP contribution in [0.5, 0.6) is 0 Å². The minimum atomic E-state index is -0.618. The third-order valence-electron chi connectivity index (χ3n) is 11.0. The number of fused-ring (bicyclic) bond motifs is 3. The SMILES string of the molecule is CC(C)(CN1C(=O)c2ccccc2C1=O)C[N+](C)(C)CCCCCC[N+]1(C)[C@@H]2CC[C@@H]1CC(OC(=O)C(CO)c1ccccc1)C2.[Br-].[Br-]. The van der Waals surface area contributed by atoms with Crippen molar-refractivity contribution in [1.82, 2.24) is 4.90 Å². The highest BCUT2D eigenvalue weighted by Gasteiger charge is 2.52. The first-order chi connectivity index (χ1) is 21.8. The van der Waals surface area contributed by atoms with E-state index in [1.54, 1.807) is 12.1 Å². The number of ether oxygens (including phenoxy) is 1. The fraction of sp³-hybridized carbons (Fsp3) is 0.605. The molecule has 48 heavy (non-hydrogen) atoms. The van der Waals surface area contributed by atoms with Gasteiger partial charge in [0.2, 0.25) is 0 Å². The van der Waals surface area contributed by atoms with Gasteiger partial charge in [-0.2, -0.15) is 0 Å². The number of aliphatic hydroxyl groups excluding tert-OH is 1. The quantitative estimate of drug-likeness (QED) is 0.113. The van der Waals surface area contributed by atoms with Gasteiger partial charge in [-0.25, -0.2) is 0 Å². The molecule has 0 spiro atoms. The Hall–Kier alpha value is -2.11. The van der Waals surface area contributed by atoms with E-state index in [1.807, 2.05) is 42.5 Å². The number of aliphatic hydroxyl groups is 1. The Morgan fingerprint density at radius 3 is 2.02 bits per heavy atom. The van der Waals surface area contributed by atoms with Gasteiger partial charge in [-0.05, 0) is 43.4 Å².